The minimum atomic E-state index is 0.569. The summed E-state index contributed by atoms with van der Waals surface area (Å²) in [5.41, 5.74) is 1.17. The highest BCUT2D eigenvalue weighted by molar-refractivity contribution is 7.99. The Balaban J connectivity index is 1.83. The van der Waals surface area contributed by atoms with E-state index in [2.05, 4.69) is 24.5 Å². The lowest BCUT2D eigenvalue weighted by Gasteiger charge is -2.18. The number of nitrogens with one attached hydrogen (secondary N) is 2. The topological polar surface area (TPSA) is 49.8 Å². The lowest BCUT2D eigenvalue weighted by Crippen LogP contribution is -2.21. The smallest absolute Gasteiger partial charge is 0.136 e. The number of hydrogen-bond donors (Lipinski definition) is 2. The van der Waals surface area contributed by atoms with Gasteiger partial charge in [-0.3, -0.25) is 0 Å². The number of thioether (sulfide) groups is 1. The second-order valence-electron chi connectivity index (χ2n) is 5.81. The molecule has 0 bridgehead atoms. The molecule has 0 amide bonds. The quantitative estimate of drug-likeness (QED) is 0.841. The molecule has 2 N–H and O–H groups in total. The number of nitrogens with zero attached hydrogens (tertiary/aromatic N) is 2. The Bertz CT molecular complexity index is 467. The van der Waals surface area contributed by atoms with Crippen molar-refractivity contribution in [2.75, 3.05) is 28.7 Å². The molecule has 5 heteroatoms. The summed E-state index contributed by atoms with van der Waals surface area (Å²) in [4.78, 5) is 9.53. The summed E-state index contributed by atoms with van der Waals surface area (Å²) in [5.74, 6) is 6.15. The minimum Gasteiger partial charge on any atom is -0.370 e. The first-order valence-corrected chi connectivity index (χ1v) is 8.90. The molecule has 2 aliphatic rings. The molecular formula is C15H24N4S. The van der Waals surface area contributed by atoms with Crippen molar-refractivity contribution < 1.29 is 0 Å². The van der Waals surface area contributed by atoms with Crippen molar-refractivity contribution in [3.63, 3.8) is 0 Å². The highest BCUT2D eigenvalue weighted by Crippen LogP contribution is 2.39. The van der Waals surface area contributed by atoms with E-state index in [1.165, 1.54) is 36.3 Å². The molecule has 1 atom stereocenters. The zero-order valence-corrected chi connectivity index (χ0v) is 13.2. The second-order valence-corrected chi connectivity index (χ2v) is 6.96. The predicted molar refractivity (Wildman–Crippen MR) is 86.9 cm³/mol. The van der Waals surface area contributed by atoms with Gasteiger partial charge in [0.05, 0.1) is 0 Å². The summed E-state index contributed by atoms with van der Waals surface area (Å²) < 4.78 is 0. The van der Waals surface area contributed by atoms with Gasteiger partial charge in [0.15, 0.2) is 0 Å². The van der Waals surface area contributed by atoms with Gasteiger partial charge in [-0.25, -0.2) is 9.97 Å². The van der Waals surface area contributed by atoms with Crippen LogP contribution in [0.3, 0.4) is 0 Å². The van der Waals surface area contributed by atoms with Crippen LogP contribution in [-0.4, -0.2) is 34.1 Å². The van der Waals surface area contributed by atoms with Crippen LogP contribution in [0.1, 0.15) is 49.9 Å². The van der Waals surface area contributed by atoms with Gasteiger partial charge in [-0.05, 0) is 38.4 Å². The Kier molecular flexibility index (Phi) is 4.34. The summed E-state index contributed by atoms with van der Waals surface area (Å²) >= 11 is 2.03. The van der Waals surface area contributed by atoms with Crippen LogP contribution >= 0.6 is 11.8 Å². The number of aromatic nitrogens is 2. The standard InChI is InChI=1S/C15H24N4S/c1-3-7-16-13-10(2)14(17-12-6-8-20-9-12)19-15(18-13)11-4-5-11/h11-12H,3-9H2,1-2H3,(H2,16,17,18,19). The molecule has 0 spiro atoms. The predicted octanol–water partition coefficient (Wildman–Crippen LogP) is 3.40. The highest BCUT2D eigenvalue weighted by atomic mass is 32.2. The largest absolute Gasteiger partial charge is 0.370 e. The zero-order chi connectivity index (χ0) is 13.9. The van der Waals surface area contributed by atoms with Crippen molar-refractivity contribution in [1.82, 2.24) is 9.97 Å². The van der Waals surface area contributed by atoms with Gasteiger partial charge in [-0.1, -0.05) is 6.92 Å². The van der Waals surface area contributed by atoms with E-state index in [0.717, 1.165) is 30.4 Å². The maximum absolute atomic E-state index is 4.80. The van der Waals surface area contributed by atoms with Gasteiger partial charge in [0.25, 0.3) is 0 Å². The van der Waals surface area contributed by atoms with Gasteiger partial charge in [-0.2, -0.15) is 11.8 Å². The summed E-state index contributed by atoms with van der Waals surface area (Å²) in [6.07, 6.45) is 4.85. The van der Waals surface area contributed by atoms with E-state index < -0.39 is 0 Å². The van der Waals surface area contributed by atoms with Crippen LogP contribution in [0.25, 0.3) is 0 Å². The van der Waals surface area contributed by atoms with Gasteiger partial charge >= 0.3 is 0 Å². The van der Waals surface area contributed by atoms with Gasteiger partial charge in [0.2, 0.25) is 0 Å². The van der Waals surface area contributed by atoms with Crippen molar-refractivity contribution in [2.24, 2.45) is 0 Å². The van der Waals surface area contributed by atoms with E-state index in [4.69, 9.17) is 9.97 Å². The first kappa shape index (κ1) is 14.0. The van der Waals surface area contributed by atoms with Gasteiger partial charge in [0, 0.05) is 29.8 Å². The normalized spacial score (nSPS) is 22.0. The third-order valence-corrected chi connectivity index (χ3v) is 5.08. The van der Waals surface area contributed by atoms with E-state index in [9.17, 15) is 0 Å². The molecule has 20 heavy (non-hydrogen) atoms. The van der Waals surface area contributed by atoms with Crippen LogP contribution in [0.4, 0.5) is 11.6 Å². The van der Waals surface area contributed by atoms with Gasteiger partial charge < -0.3 is 10.6 Å². The van der Waals surface area contributed by atoms with E-state index in [1.54, 1.807) is 0 Å². The first-order chi connectivity index (χ1) is 9.78. The first-order valence-electron chi connectivity index (χ1n) is 7.74. The minimum absolute atomic E-state index is 0.569. The number of hydrogen-bond acceptors (Lipinski definition) is 5. The third-order valence-electron chi connectivity index (χ3n) is 3.92. The van der Waals surface area contributed by atoms with Crippen molar-refractivity contribution in [3.05, 3.63) is 11.4 Å². The van der Waals surface area contributed by atoms with Crippen molar-refractivity contribution in [3.8, 4) is 0 Å². The average Bonchev–Trinajstić information content (AvgIpc) is 3.18. The Hall–Kier alpha value is -0.970. The van der Waals surface area contributed by atoms with Crippen LogP contribution in [-0.2, 0) is 0 Å². The maximum Gasteiger partial charge on any atom is 0.136 e. The van der Waals surface area contributed by atoms with Crippen molar-refractivity contribution >= 4 is 23.4 Å². The summed E-state index contributed by atoms with van der Waals surface area (Å²) in [7, 11) is 0. The molecule has 0 radical (unpaired) electrons. The monoisotopic (exact) mass is 292 g/mol. The third kappa shape index (κ3) is 3.19. The van der Waals surface area contributed by atoms with Crippen LogP contribution in [0.15, 0.2) is 0 Å². The Morgan fingerprint density at radius 2 is 2.00 bits per heavy atom. The van der Waals surface area contributed by atoms with Crippen LogP contribution < -0.4 is 10.6 Å². The molecule has 3 rings (SSSR count). The molecule has 0 aromatic carbocycles. The Morgan fingerprint density at radius 3 is 2.65 bits per heavy atom. The Labute approximate surface area is 125 Å². The fraction of sp³-hybridized carbons (Fsp3) is 0.733. The summed E-state index contributed by atoms with van der Waals surface area (Å²) in [5, 5.41) is 7.09. The van der Waals surface area contributed by atoms with E-state index in [1.807, 2.05) is 11.8 Å². The molecule has 1 saturated heterocycles. The van der Waals surface area contributed by atoms with Crippen molar-refractivity contribution in [2.45, 2.75) is 51.5 Å². The lowest BCUT2D eigenvalue weighted by atomic mass is 10.2. The molecule has 1 aromatic rings. The summed E-state index contributed by atoms with van der Waals surface area (Å²) in [6, 6.07) is 0.569. The molecule has 1 aliphatic carbocycles. The fourth-order valence-electron chi connectivity index (χ4n) is 2.46. The lowest BCUT2D eigenvalue weighted by molar-refractivity contribution is 0.796. The average molecular weight is 292 g/mol. The van der Waals surface area contributed by atoms with E-state index >= 15 is 0 Å². The molecule has 1 aliphatic heterocycles. The maximum atomic E-state index is 4.80. The molecule has 2 fully saturated rings. The molecule has 1 unspecified atom stereocenters. The highest BCUT2D eigenvalue weighted by Gasteiger charge is 2.28. The van der Waals surface area contributed by atoms with Gasteiger partial charge in [-0.15, -0.1) is 0 Å². The fourth-order valence-corrected chi connectivity index (χ4v) is 3.61. The summed E-state index contributed by atoms with van der Waals surface area (Å²) in [6.45, 7) is 5.28. The molecule has 4 nitrogen and oxygen atoms in total. The van der Waals surface area contributed by atoms with Gasteiger partial charge in [0.1, 0.15) is 17.5 Å². The Morgan fingerprint density at radius 1 is 1.20 bits per heavy atom. The molecule has 110 valence electrons. The molecule has 2 heterocycles. The second kappa shape index (κ2) is 6.20. The number of anilines is 2. The van der Waals surface area contributed by atoms with Crippen LogP contribution in [0.5, 0.6) is 0 Å². The van der Waals surface area contributed by atoms with Crippen molar-refractivity contribution in [1.29, 1.82) is 0 Å². The van der Waals surface area contributed by atoms with Crippen LogP contribution in [0, 0.1) is 6.92 Å². The zero-order valence-electron chi connectivity index (χ0n) is 12.4. The van der Waals surface area contributed by atoms with Crippen LogP contribution in [0.2, 0.25) is 0 Å². The van der Waals surface area contributed by atoms with E-state index in [-0.39, 0.29) is 0 Å². The SMILES string of the molecule is CCCNc1nc(C2CC2)nc(NC2CCSC2)c1C. The molecular weight excluding hydrogens is 268 g/mol. The van der Waals surface area contributed by atoms with E-state index in [0.29, 0.717) is 12.0 Å². The molecule has 1 saturated carbocycles. The molecule has 1 aromatic heterocycles. The number of rotatable bonds is 6.